The molecule has 1 aromatic heterocycles. The molecule has 1 radical (unpaired) electrons. The molecule has 0 atom stereocenters. The third-order valence-corrected chi connectivity index (χ3v) is 2.02. The van der Waals surface area contributed by atoms with Crippen LogP contribution >= 0.6 is 0 Å². The summed E-state index contributed by atoms with van der Waals surface area (Å²) in [5, 5.41) is 0. The first-order valence-corrected chi connectivity index (χ1v) is 4.27. The van der Waals surface area contributed by atoms with Gasteiger partial charge in [0.15, 0.2) is 0 Å². The largest absolute Gasteiger partial charge is 0.416 e. The third-order valence-electron chi connectivity index (χ3n) is 2.02. The first-order valence-electron chi connectivity index (χ1n) is 4.27. The van der Waals surface area contributed by atoms with Crippen molar-refractivity contribution >= 4 is 0 Å². The van der Waals surface area contributed by atoms with Crippen LogP contribution in [0.15, 0.2) is 30.5 Å². The maximum atomic E-state index is 13.0. The van der Waals surface area contributed by atoms with Gasteiger partial charge in [-0.3, -0.25) is 4.57 Å². The van der Waals surface area contributed by atoms with Crippen LogP contribution in [-0.4, -0.2) is 9.55 Å². The van der Waals surface area contributed by atoms with E-state index >= 15 is 0 Å². The Bertz CT molecular complexity index is 484. The average molecular weight is 229 g/mol. The molecule has 1 heterocycles. The standard InChI is InChI=1S/C10H5F4N2/c11-9-15-5-6-16(9)8-3-1-7(2-4-8)10(12,13)14/h1-4,6H. The molecule has 1 aromatic carbocycles. The summed E-state index contributed by atoms with van der Waals surface area (Å²) in [5.41, 5.74) is -0.514. The summed E-state index contributed by atoms with van der Waals surface area (Å²) in [6.45, 7) is 0. The monoisotopic (exact) mass is 229 g/mol. The summed E-state index contributed by atoms with van der Waals surface area (Å²) in [5.74, 6) is 0. The first-order chi connectivity index (χ1) is 7.48. The van der Waals surface area contributed by atoms with Gasteiger partial charge in [0, 0.05) is 11.9 Å². The smallest absolute Gasteiger partial charge is 0.276 e. The number of aromatic nitrogens is 2. The summed E-state index contributed by atoms with van der Waals surface area (Å²) in [6, 6.07) is 4.10. The van der Waals surface area contributed by atoms with Crippen molar-refractivity contribution in [2.45, 2.75) is 6.18 Å². The topological polar surface area (TPSA) is 17.8 Å². The second-order valence-electron chi connectivity index (χ2n) is 3.05. The van der Waals surface area contributed by atoms with Crippen molar-refractivity contribution in [1.82, 2.24) is 9.55 Å². The molecule has 16 heavy (non-hydrogen) atoms. The van der Waals surface area contributed by atoms with Crippen molar-refractivity contribution in [2.75, 3.05) is 0 Å². The van der Waals surface area contributed by atoms with Crippen LogP contribution in [0.5, 0.6) is 0 Å². The summed E-state index contributed by atoms with van der Waals surface area (Å²) in [6.07, 6.45) is -1.75. The molecular formula is C10H5F4N2. The van der Waals surface area contributed by atoms with Crippen molar-refractivity contribution in [2.24, 2.45) is 0 Å². The van der Waals surface area contributed by atoms with E-state index in [1.165, 1.54) is 18.3 Å². The number of rotatable bonds is 1. The van der Waals surface area contributed by atoms with E-state index in [1.54, 1.807) is 0 Å². The van der Waals surface area contributed by atoms with Gasteiger partial charge in [0.2, 0.25) is 0 Å². The van der Waals surface area contributed by atoms with Gasteiger partial charge in [0.1, 0.15) is 6.20 Å². The molecular weight excluding hydrogens is 224 g/mol. The fourth-order valence-corrected chi connectivity index (χ4v) is 1.24. The number of hydrogen-bond acceptors (Lipinski definition) is 1. The van der Waals surface area contributed by atoms with Gasteiger partial charge in [-0.05, 0) is 24.3 Å². The maximum absolute atomic E-state index is 13.0. The molecule has 0 N–H and O–H groups in total. The second-order valence-corrected chi connectivity index (χ2v) is 3.05. The molecule has 6 heteroatoms. The van der Waals surface area contributed by atoms with Crippen molar-refractivity contribution in [3.05, 3.63) is 48.3 Å². The molecule has 0 saturated heterocycles. The van der Waals surface area contributed by atoms with Gasteiger partial charge in [-0.15, -0.1) is 0 Å². The van der Waals surface area contributed by atoms with E-state index in [2.05, 4.69) is 11.2 Å². The number of benzene rings is 1. The van der Waals surface area contributed by atoms with E-state index in [0.717, 1.165) is 16.7 Å². The lowest BCUT2D eigenvalue weighted by Crippen LogP contribution is -2.05. The highest BCUT2D eigenvalue weighted by Crippen LogP contribution is 2.29. The van der Waals surface area contributed by atoms with Gasteiger partial charge in [0.05, 0.1) is 5.56 Å². The lowest BCUT2D eigenvalue weighted by atomic mass is 10.2. The van der Waals surface area contributed by atoms with Crippen LogP contribution in [0, 0.1) is 12.3 Å². The molecule has 0 aliphatic carbocycles. The zero-order valence-corrected chi connectivity index (χ0v) is 7.79. The Kier molecular flexibility index (Phi) is 2.41. The van der Waals surface area contributed by atoms with Crippen LogP contribution in [0.4, 0.5) is 17.6 Å². The maximum Gasteiger partial charge on any atom is 0.416 e. The Balaban J connectivity index is 2.37. The molecule has 2 nitrogen and oxygen atoms in total. The minimum Gasteiger partial charge on any atom is -0.276 e. The molecule has 0 amide bonds. The molecule has 83 valence electrons. The molecule has 0 bridgehead atoms. The highest BCUT2D eigenvalue weighted by atomic mass is 19.4. The normalized spacial score (nSPS) is 11.8. The summed E-state index contributed by atoms with van der Waals surface area (Å²) in [7, 11) is 0. The third kappa shape index (κ3) is 1.91. The second kappa shape index (κ2) is 3.62. The molecule has 0 spiro atoms. The summed E-state index contributed by atoms with van der Waals surface area (Å²) >= 11 is 0. The Morgan fingerprint density at radius 1 is 1.12 bits per heavy atom. The van der Waals surface area contributed by atoms with Gasteiger partial charge in [-0.1, -0.05) is 0 Å². The molecule has 2 aromatic rings. The Labute approximate surface area is 88.2 Å². The highest BCUT2D eigenvalue weighted by Gasteiger charge is 2.30. The van der Waals surface area contributed by atoms with Gasteiger partial charge in [-0.25, -0.2) is 4.98 Å². The fraction of sp³-hybridized carbons (Fsp3) is 0.100. The molecule has 0 aliphatic heterocycles. The first kappa shape index (κ1) is 10.7. The van der Waals surface area contributed by atoms with Crippen LogP contribution in [-0.2, 0) is 6.18 Å². The number of nitrogens with zero attached hydrogens (tertiary/aromatic N) is 2. The molecule has 2 rings (SSSR count). The Hall–Kier alpha value is -1.85. The summed E-state index contributed by atoms with van der Waals surface area (Å²) < 4.78 is 50.7. The number of imidazole rings is 1. The van der Waals surface area contributed by atoms with E-state index in [1.807, 2.05) is 0 Å². The zero-order valence-electron chi connectivity index (χ0n) is 7.79. The fourth-order valence-electron chi connectivity index (χ4n) is 1.24. The predicted molar refractivity (Wildman–Crippen MR) is 47.4 cm³/mol. The highest BCUT2D eigenvalue weighted by molar-refractivity contribution is 5.35. The lowest BCUT2D eigenvalue weighted by molar-refractivity contribution is -0.137. The number of hydrogen-bond donors (Lipinski definition) is 0. The van der Waals surface area contributed by atoms with E-state index < -0.39 is 17.8 Å². The van der Waals surface area contributed by atoms with Crippen molar-refractivity contribution in [3.63, 3.8) is 0 Å². The van der Waals surface area contributed by atoms with Crippen molar-refractivity contribution < 1.29 is 17.6 Å². The minimum atomic E-state index is -4.39. The van der Waals surface area contributed by atoms with Gasteiger partial charge < -0.3 is 0 Å². The molecule has 0 aliphatic rings. The predicted octanol–water partition coefficient (Wildman–Crippen LogP) is 2.83. The van der Waals surface area contributed by atoms with Gasteiger partial charge >= 0.3 is 6.18 Å². The van der Waals surface area contributed by atoms with Gasteiger partial charge in [-0.2, -0.15) is 17.6 Å². The van der Waals surface area contributed by atoms with E-state index in [4.69, 9.17) is 0 Å². The van der Waals surface area contributed by atoms with Crippen LogP contribution in [0.1, 0.15) is 5.56 Å². The van der Waals surface area contributed by atoms with E-state index in [-0.39, 0.29) is 5.69 Å². The molecule has 0 fully saturated rings. The molecule has 0 saturated carbocycles. The minimum absolute atomic E-state index is 0.263. The van der Waals surface area contributed by atoms with Crippen LogP contribution < -0.4 is 0 Å². The quantitative estimate of drug-likeness (QED) is 0.687. The number of halogens is 4. The van der Waals surface area contributed by atoms with E-state index in [9.17, 15) is 17.6 Å². The van der Waals surface area contributed by atoms with E-state index in [0.29, 0.717) is 0 Å². The molecule has 0 unspecified atom stereocenters. The Morgan fingerprint density at radius 3 is 2.19 bits per heavy atom. The SMILES string of the molecule is Fc1n[c]cn1-c1ccc(C(F)(F)F)cc1. The average Bonchev–Trinajstić information content (AvgIpc) is 2.63. The van der Waals surface area contributed by atoms with Crippen LogP contribution in [0.3, 0.4) is 0 Å². The van der Waals surface area contributed by atoms with Gasteiger partial charge in [0.25, 0.3) is 6.08 Å². The zero-order chi connectivity index (χ0) is 11.8. The van der Waals surface area contributed by atoms with Crippen molar-refractivity contribution in [3.8, 4) is 5.69 Å². The van der Waals surface area contributed by atoms with Crippen LogP contribution in [0.25, 0.3) is 5.69 Å². The lowest BCUT2D eigenvalue weighted by Gasteiger charge is -2.07. The number of alkyl halides is 3. The van der Waals surface area contributed by atoms with Crippen molar-refractivity contribution in [1.29, 1.82) is 0 Å². The Morgan fingerprint density at radius 2 is 1.75 bits per heavy atom. The summed E-state index contributed by atoms with van der Waals surface area (Å²) in [4.78, 5) is 3.21. The van der Waals surface area contributed by atoms with Crippen LogP contribution in [0.2, 0.25) is 0 Å².